The second-order valence-corrected chi connectivity index (χ2v) is 7.48. The lowest BCUT2D eigenvalue weighted by Crippen LogP contribution is -2.51. The average molecular weight is 355 g/mol. The zero-order valence-electron chi connectivity index (χ0n) is 15.0. The molecule has 0 radical (unpaired) electrons. The van der Waals surface area contributed by atoms with Crippen molar-refractivity contribution in [2.75, 3.05) is 6.54 Å². The molecule has 1 rings (SSSR count). The first-order valence-corrected chi connectivity index (χ1v) is 8.48. The number of carbonyl (C=O) groups is 2. The quantitative estimate of drug-likeness (QED) is 0.820. The van der Waals surface area contributed by atoms with Crippen LogP contribution in [0.1, 0.15) is 40.2 Å². The third-order valence-corrected chi connectivity index (χ3v) is 3.46. The number of alkyl carbamates (subject to hydrolysis) is 1. The molecule has 24 heavy (non-hydrogen) atoms. The van der Waals surface area contributed by atoms with Gasteiger partial charge in [0, 0.05) is 11.6 Å². The number of hydrogen-bond donors (Lipinski definition) is 2. The van der Waals surface area contributed by atoms with E-state index < -0.39 is 17.7 Å². The van der Waals surface area contributed by atoms with Gasteiger partial charge in [-0.3, -0.25) is 4.79 Å². The Morgan fingerprint density at radius 2 is 1.92 bits per heavy atom. The Morgan fingerprint density at radius 1 is 1.25 bits per heavy atom. The molecule has 1 unspecified atom stereocenters. The summed E-state index contributed by atoms with van der Waals surface area (Å²) in [5.41, 5.74) is 0.443. The fraction of sp³-hybridized carbons (Fsp3) is 0.556. The van der Waals surface area contributed by atoms with Gasteiger partial charge in [0.25, 0.3) is 0 Å². The minimum atomic E-state index is -0.640. The number of ether oxygens (including phenoxy) is 1. The number of hydrogen-bond acceptors (Lipinski definition) is 3. The van der Waals surface area contributed by atoms with E-state index in [2.05, 4.69) is 10.6 Å². The van der Waals surface area contributed by atoms with Crippen molar-refractivity contribution >= 4 is 23.6 Å². The summed E-state index contributed by atoms with van der Waals surface area (Å²) in [4.78, 5) is 24.2. The highest BCUT2D eigenvalue weighted by molar-refractivity contribution is 6.30. The van der Waals surface area contributed by atoms with E-state index in [4.69, 9.17) is 16.3 Å². The number of benzene rings is 1. The zero-order valence-corrected chi connectivity index (χ0v) is 15.7. The first-order valence-electron chi connectivity index (χ1n) is 8.10. The molecule has 0 saturated carbocycles. The van der Waals surface area contributed by atoms with E-state index in [0.717, 1.165) is 5.56 Å². The van der Waals surface area contributed by atoms with E-state index in [9.17, 15) is 9.59 Å². The van der Waals surface area contributed by atoms with Crippen LogP contribution in [0.3, 0.4) is 0 Å². The van der Waals surface area contributed by atoms with Crippen LogP contribution in [0, 0.1) is 5.92 Å². The summed E-state index contributed by atoms with van der Waals surface area (Å²) in [7, 11) is 0. The van der Waals surface area contributed by atoms with Crippen molar-refractivity contribution in [3.05, 3.63) is 34.9 Å². The minimum absolute atomic E-state index is 0.0521. The molecular weight excluding hydrogens is 328 g/mol. The molecule has 0 aromatic heterocycles. The Balaban J connectivity index is 2.53. The van der Waals surface area contributed by atoms with Gasteiger partial charge >= 0.3 is 6.09 Å². The van der Waals surface area contributed by atoms with Gasteiger partial charge in [0.05, 0.1) is 0 Å². The number of nitrogens with one attached hydrogen (secondary N) is 2. The van der Waals surface area contributed by atoms with Gasteiger partial charge in [0.15, 0.2) is 0 Å². The Labute approximate surface area is 149 Å². The lowest BCUT2D eigenvalue weighted by atomic mass is 10.0. The number of halogens is 1. The van der Waals surface area contributed by atoms with Crippen molar-refractivity contribution in [1.82, 2.24) is 10.6 Å². The Morgan fingerprint density at radius 3 is 2.46 bits per heavy atom. The highest BCUT2D eigenvalue weighted by Crippen LogP contribution is 2.11. The van der Waals surface area contributed by atoms with Gasteiger partial charge in [-0.05, 0) is 50.8 Å². The van der Waals surface area contributed by atoms with Crippen molar-refractivity contribution in [3.8, 4) is 0 Å². The van der Waals surface area contributed by atoms with E-state index in [1.807, 2.05) is 38.1 Å². The summed E-state index contributed by atoms with van der Waals surface area (Å²) in [6, 6.07) is 6.87. The molecule has 0 aliphatic rings. The normalized spacial score (nSPS) is 12.6. The summed E-state index contributed by atoms with van der Waals surface area (Å²) in [5.74, 6) is -0.276. The van der Waals surface area contributed by atoms with Crippen LogP contribution in [0.5, 0.6) is 0 Å². The van der Waals surface area contributed by atoms with E-state index in [0.29, 0.717) is 18.0 Å². The summed E-state index contributed by atoms with van der Waals surface area (Å²) in [5, 5.41) is 6.16. The van der Waals surface area contributed by atoms with Crippen LogP contribution in [-0.2, 0) is 16.0 Å². The Bertz CT molecular complexity index is 568. The second kappa shape index (κ2) is 8.92. The van der Waals surface area contributed by atoms with E-state index >= 15 is 0 Å². The number of amides is 2. The second-order valence-electron chi connectivity index (χ2n) is 7.04. The maximum Gasteiger partial charge on any atom is 0.408 e. The molecule has 0 aliphatic carbocycles. The maximum absolute atomic E-state index is 12.3. The molecule has 134 valence electrons. The smallest absolute Gasteiger partial charge is 0.408 e. The van der Waals surface area contributed by atoms with Crippen LogP contribution < -0.4 is 10.6 Å². The molecule has 0 spiro atoms. The summed E-state index contributed by atoms with van der Waals surface area (Å²) in [6.07, 6.45) is 0.0787. The van der Waals surface area contributed by atoms with Gasteiger partial charge in [-0.25, -0.2) is 4.79 Å². The molecule has 2 N–H and O–H groups in total. The fourth-order valence-electron chi connectivity index (χ4n) is 2.10. The Hall–Kier alpha value is -1.75. The molecule has 2 amide bonds. The van der Waals surface area contributed by atoms with Crippen LogP contribution in [0.25, 0.3) is 0 Å². The van der Waals surface area contributed by atoms with Gasteiger partial charge in [0.1, 0.15) is 11.6 Å². The van der Waals surface area contributed by atoms with Crippen molar-refractivity contribution in [2.24, 2.45) is 5.92 Å². The topological polar surface area (TPSA) is 67.4 Å². The van der Waals surface area contributed by atoms with Gasteiger partial charge in [-0.1, -0.05) is 37.6 Å². The van der Waals surface area contributed by atoms with Crippen molar-refractivity contribution < 1.29 is 14.3 Å². The average Bonchev–Trinajstić information content (AvgIpc) is 2.42. The molecule has 0 heterocycles. The van der Waals surface area contributed by atoms with E-state index in [-0.39, 0.29) is 11.8 Å². The predicted molar refractivity (Wildman–Crippen MR) is 96.2 cm³/mol. The molecule has 0 aliphatic heterocycles. The molecule has 0 saturated heterocycles. The third-order valence-electron chi connectivity index (χ3n) is 3.22. The van der Waals surface area contributed by atoms with Crippen molar-refractivity contribution in [3.63, 3.8) is 0 Å². The lowest BCUT2D eigenvalue weighted by molar-refractivity contribution is -0.124. The molecule has 6 heteroatoms. The molecule has 1 aromatic carbocycles. The monoisotopic (exact) mass is 354 g/mol. The van der Waals surface area contributed by atoms with Crippen LogP contribution >= 0.6 is 11.6 Å². The van der Waals surface area contributed by atoms with Gasteiger partial charge in [-0.2, -0.15) is 0 Å². The SMILES string of the molecule is CC(C)C(NC(=O)OC(C)(C)C)C(=O)NCCc1cccc(Cl)c1. The number of carbonyl (C=O) groups excluding carboxylic acids is 2. The maximum atomic E-state index is 12.3. The standard InChI is InChI=1S/C18H27ClN2O3/c1-12(2)15(21-17(23)24-18(3,4)5)16(22)20-10-9-13-7-6-8-14(19)11-13/h6-8,11-12,15H,9-10H2,1-5H3,(H,20,22)(H,21,23). The van der Waals surface area contributed by atoms with Crippen molar-refractivity contribution in [1.29, 1.82) is 0 Å². The molecule has 1 aromatic rings. The van der Waals surface area contributed by atoms with Gasteiger partial charge in [-0.15, -0.1) is 0 Å². The summed E-state index contributed by atoms with van der Waals surface area (Å²) >= 11 is 5.94. The lowest BCUT2D eigenvalue weighted by Gasteiger charge is -2.25. The summed E-state index contributed by atoms with van der Waals surface area (Å²) < 4.78 is 5.21. The first-order chi connectivity index (χ1) is 11.1. The third kappa shape index (κ3) is 7.68. The zero-order chi connectivity index (χ0) is 18.3. The predicted octanol–water partition coefficient (Wildman–Crippen LogP) is 3.55. The van der Waals surface area contributed by atoms with Gasteiger partial charge < -0.3 is 15.4 Å². The number of rotatable bonds is 6. The molecule has 1 atom stereocenters. The minimum Gasteiger partial charge on any atom is -0.444 e. The van der Waals surface area contributed by atoms with E-state index in [1.165, 1.54) is 0 Å². The largest absolute Gasteiger partial charge is 0.444 e. The molecular formula is C18H27ClN2O3. The van der Waals surface area contributed by atoms with E-state index in [1.54, 1.807) is 20.8 Å². The molecule has 0 bridgehead atoms. The first kappa shape index (κ1) is 20.3. The van der Waals surface area contributed by atoms with Crippen molar-refractivity contribution in [2.45, 2.75) is 52.7 Å². The highest BCUT2D eigenvalue weighted by atomic mass is 35.5. The summed E-state index contributed by atoms with van der Waals surface area (Å²) in [6.45, 7) is 9.56. The molecule has 0 fully saturated rings. The van der Waals surface area contributed by atoms with Crippen LogP contribution in [0.15, 0.2) is 24.3 Å². The molecule has 5 nitrogen and oxygen atoms in total. The van der Waals surface area contributed by atoms with Gasteiger partial charge in [0.2, 0.25) is 5.91 Å². The van der Waals surface area contributed by atoms with Crippen LogP contribution in [0.4, 0.5) is 4.79 Å². The highest BCUT2D eigenvalue weighted by Gasteiger charge is 2.26. The van der Waals surface area contributed by atoms with Crippen LogP contribution in [-0.4, -0.2) is 30.2 Å². The Kier molecular flexibility index (Phi) is 7.55. The fourth-order valence-corrected chi connectivity index (χ4v) is 2.31. The van der Waals surface area contributed by atoms with Crippen LogP contribution in [0.2, 0.25) is 5.02 Å².